The molecule has 5 rings (SSSR count). The minimum atomic E-state index is -0.0731. The Labute approximate surface area is 186 Å². The van der Waals surface area contributed by atoms with Gasteiger partial charge in [-0.2, -0.15) is 0 Å². The van der Waals surface area contributed by atoms with Crippen LogP contribution in [0.15, 0.2) is 60.0 Å². The van der Waals surface area contributed by atoms with Crippen molar-refractivity contribution in [3.05, 3.63) is 82.2 Å². The van der Waals surface area contributed by atoms with Crippen LogP contribution in [0.3, 0.4) is 0 Å². The van der Waals surface area contributed by atoms with E-state index in [0.29, 0.717) is 23.9 Å². The van der Waals surface area contributed by atoms with Crippen LogP contribution >= 0.6 is 11.3 Å². The van der Waals surface area contributed by atoms with Crippen LogP contribution in [0.2, 0.25) is 0 Å². The van der Waals surface area contributed by atoms with E-state index in [2.05, 4.69) is 36.5 Å². The minimum Gasteiger partial charge on any atom is -0.350 e. The van der Waals surface area contributed by atoms with E-state index in [1.807, 2.05) is 47.5 Å². The summed E-state index contributed by atoms with van der Waals surface area (Å²) in [6, 6.07) is 17.9. The van der Waals surface area contributed by atoms with E-state index >= 15 is 0 Å². The molecular weight excluding hydrogens is 404 g/mol. The Morgan fingerprint density at radius 1 is 1.06 bits per heavy atom. The van der Waals surface area contributed by atoms with E-state index in [1.165, 1.54) is 5.56 Å². The van der Waals surface area contributed by atoms with Gasteiger partial charge >= 0.3 is 0 Å². The summed E-state index contributed by atoms with van der Waals surface area (Å²) in [5.41, 5.74) is 4.79. The Morgan fingerprint density at radius 2 is 1.87 bits per heavy atom. The number of likely N-dealkylation sites (tertiary alicyclic amines) is 1. The number of hydrogen-bond donors (Lipinski definition) is 1. The summed E-state index contributed by atoms with van der Waals surface area (Å²) in [6.07, 6.45) is 1.16. The molecule has 1 N–H and O–H groups in total. The molecule has 2 amide bonds. The lowest BCUT2D eigenvalue weighted by atomic mass is 10.1. The van der Waals surface area contributed by atoms with Crippen LogP contribution in [0.1, 0.15) is 38.3 Å². The average Bonchev–Trinajstić information content (AvgIpc) is 3.20. The molecule has 158 valence electrons. The van der Waals surface area contributed by atoms with Gasteiger partial charge in [-0.05, 0) is 61.2 Å². The van der Waals surface area contributed by atoms with E-state index in [1.54, 1.807) is 11.3 Å². The molecule has 31 heavy (non-hydrogen) atoms. The van der Waals surface area contributed by atoms with Gasteiger partial charge < -0.3 is 10.2 Å². The van der Waals surface area contributed by atoms with Crippen LogP contribution in [0.4, 0.5) is 0 Å². The lowest BCUT2D eigenvalue weighted by molar-refractivity contribution is 0.0696. The average molecular weight is 431 g/mol. The van der Waals surface area contributed by atoms with Crippen molar-refractivity contribution in [3.8, 4) is 10.4 Å². The molecule has 1 saturated carbocycles. The van der Waals surface area contributed by atoms with Gasteiger partial charge in [0.05, 0.1) is 11.6 Å². The molecular formula is C26H26N2O2S. The summed E-state index contributed by atoms with van der Waals surface area (Å²) < 4.78 is 0. The molecule has 3 aromatic rings. The van der Waals surface area contributed by atoms with E-state index in [9.17, 15) is 9.59 Å². The molecule has 5 heteroatoms. The van der Waals surface area contributed by atoms with Crippen LogP contribution in [-0.4, -0.2) is 35.8 Å². The number of aryl methyl sites for hydroxylation is 2. The predicted octanol–water partition coefficient (Wildman–Crippen LogP) is 4.92. The molecule has 0 spiro atoms. The van der Waals surface area contributed by atoms with Crippen LogP contribution in [0, 0.1) is 25.7 Å². The molecule has 2 fully saturated rings. The zero-order valence-electron chi connectivity index (χ0n) is 17.8. The number of piperidine rings is 1. The quantitative estimate of drug-likeness (QED) is 0.624. The van der Waals surface area contributed by atoms with Crippen molar-refractivity contribution in [3.63, 3.8) is 0 Å². The molecule has 1 unspecified atom stereocenters. The van der Waals surface area contributed by atoms with Crippen LogP contribution in [-0.2, 0) is 0 Å². The standard InChI is InChI=1S/C26H26N2O2S/c1-16-6-8-18(9-7-16)24-21(10-11-31-24)26(30)28-15-20-13-22(20)23(28)14-27-25(29)19-5-3-4-17(2)12-19/h3-12,20,22-23H,13-15H2,1-2H3,(H,27,29)/t20-,22?,23+/m0/s1. The minimum absolute atomic E-state index is 0.0667. The molecule has 1 aliphatic heterocycles. The summed E-state index contributed by atoms with van der Waals surface area (Å²) >= 11 is 1.61. The smallest absolute Gasteiger partial charge is 0.255 e. The SMILES string of the molecule is Cc1ccc(-c2sccc2C(=O)N2C[C@@H]3CC3[C@H]2CNC(=O)c2cccc(C)c2)cc1. The molecule has 2 aromatic carbocycles. The Bertz CT molecular complexity index is 1130. The van der Waals surface area contributed by atoms with Gasteiger partial charge in [0, 0.05) is 23.5 Å². The Kier molecular flexibility index (Phi) is 5.14. The molecule has 1 aliphatic carbocycles. The number of benzene rings is 2. The molecule has 1 saturated heterocycles. The molecule has 0 radical (unpaired) electrons. The zero-order chi connectivity index (χ0) is 21.5. The second-order valence-corrected chi connectivity index (χ2v) is 9.71. The number of hydrogen-bond acceptors (Lipinski definition) is 3. The number of carbonyl (C=O) groups is 2. The highest BCUT2D eigenvalue weighted by molar-refractivity contribution is 7.14. The number of nitrogens with one attached hydrogen (secondary N) is 1. The Morgan fingerprint density at radius 3 is 2.65 bits per heavy atom. The summed E-state index contributed by atoms with van der Waals surface area (Å²) in [5, 5.41) is 5.07. The number of amides is 2. The monoisotopic (exact) mass is 430 g/mol. The summed E-state index contributed by atoms with van der Waals surface area (Å²) in [6.45, 7) is 5.34. The van der Waals surface area contributed by atoms with Crippen molar-refractivity contribution >= 4 is 23.2 Å². The fourth-order valence-corrected chi connectivity index (χ4v) is 5.61. The molecule has 0 bridgehead atoms. The normalized spacial score (nSPS) is 21.6. The van der Waals surface area contributed by atoms with Gasteiger partial charge in [-0.3, -0.25) is 9.59 Å². The maximum atomic E-state index is 13.5. The third-order valence-electron chi connectivity index (χ3n) is 6.53. The number of nitrogens with zero attached hydrogens (tertiary/aromatic N) is 1. The van der Waals surface area contributed by atoms with Gasteiger partial charge in [0.15, 0.2) is 0 Å². The number of fused-ring (bicyclic) bond motifs is 1. The fraction of sp³-hybridized carbons (Fsp3) is 0.308. The predicted molar refractivity (Wildman–Crippen MR) is 124 cm³/mol. The Balaban J connectivity index is 1.32. The highest BCUT2D eigenvalue weighted by Gasteiger charge is 2.54. The van der Waals surface area contributed by atoms with Crippen molar-refractivity contribution in [1.29, 1.82) is 0 Å². The van der Waals surface area contributed by atoms with Gasteiger partial charge in [0.1, 0.15) is 0 Å². The highest BCUT2D eigenvalue weighted by Crippen LogP contribution is 2.50. The second kappa shape index (κ2) is 7.97. The van der Waals surface area contributed by atoms with Gasteiger partial charge in [0.25, 0.3) is 11.8 Å². The fourth-order valence-electron chi connectivity index (χ4n) is 4.71. The lowest BCUT2D eigenvalue weighted by Crippen LogP contribution is -2.45. The molecule has 3 atom stereocenters. The molecule has 4 nitrogen and oxygen atoms in total. The van der Waals surface area contributed by atoms with E-state index in [4.69, 9.17) is 0 Å². The van der Waals surface area contributed by atoms with Gasteiger partial charge in [-0.15, -0.1) is 11.3 Å². The highest BCUT2D eigenvalue weighted by atomic mass is 32.1. The van der Waals surface area contributed by atoms with Gasteiger partial charge in [-0.25, -0.2) is 0 Å². The molecule has 2 heterocycles. The summed E-state index contributed by atoms with van der Waals surface area (Å²) in [4.78, 5) is 29.2. The van der Waals surface area contributed by atoms with Crippen molar-refractivity contribution in [2.45, 2.75) is 26.3 Å². The lowest BCUT2D eigenvalue weighted by Gasteiger charge is -2.28. The number of carbonyl (C=O) groups excluding carboxylic acids is 2. The number of thiophene rings is 1. The first-order valence-corrected chi connectivity index (χ1v) is 11.7. The van der Waals surface area contributed by atoms with E-state index < -0.39 is 0 Å². The third kappa shape index (κ3) is 3.90. The maximum Gasteiger partial charge on any atom is 0.255 e. The molecule has 2 aliphatic rings. The van der Waals surface area contributed by atoms with Crippen molar-refractivity contribution < 1.29 is 9.59 Å². The topological polar surface area (TPSA) is 49.4 Å². The van der Waals surface area contributed by atoms with Crippen LogP contribution in [0.25, 0.3) is 10.4 Å². The van der Waals surface area contributed by atoms with E-state index in [0.717, 1.165) is 34.5 Å². The first-order chi connectivity index (χ1) is 15.0. The second-order valence-electron chi connectivity index (χ2n) is 8.79. The molecule has 1 aromatic heterocycles. The van der Waals surface area contributed by atoms with Gasteiger partial charge in [0.2, 0.25) is 0 Å². The van der Waals surface area contributed by atoms with Crippen molar-refractivity contribution in [2.75, 3.05) is 13.1 Å². The van der Waals surface area contributed by atoms with Crippen molar-refractivity contribution in [2.24, 2.45) is 11.8 Å². The largest absolute Gasteiger partial charge is 0.350 e. The number of rotatable bonds is 5. The summed E-state index contributed by atoms with van der Waals surface area (Å²) in [7, 11) is 0. The van der Waals surface area contributed by atoms with Crippen LogP contribution in [0.5, 0.6) is 0 Å². The summed E-state index contributed by atoms with van der Waals surface area (Å²) in [5.74, 6) is 1.09. The van der Waals surface area contributed by atoms with Gasteiger partial charge in [-0.1, -0.05) is 47.5 Å². The Hall–Kier alpha value is -2.92. The zero-order valence-corrected chi connectivity index (χ0v) is 18.6. The van der Waals surface area contributed by atoms with Crippen molar-refractivity contribution in [1.82, 2.24) is 10.2 Å². The van der Waals surface area contributed by atoms with Crippen LogP contribution < -0.4 is 5.32 Å². The third-order valence-corrected chi connectivity index (χ3v) is 7.49. The first kappa shape index (κ1) is 20.0. The maximum absolute atomic E-state index is 13.5. The first-order valence-electron chi connectivity index (χ1n) is 10.8. The van der Waals surface area contributed by atoms with E-state index in [-0.39, 0.29) is 17.9 Å².